The van der Waals surface area contributed by atoms with Gasteiger partial charge in [0.1, 0.15) is 0 Å². The Kier molecular flexibility index (Phi) is 5.43. The molecule has 1 atom stereocenters. The van der Waals surface area contributed by atoms with Crippen molar-refractivity contribution < 1.29 is 18.8 Å². The molecular formula is C20H18N2O4. The van der Waals surface area contributed by atoms with E-state index in [0.717, 1.165) is 0 Å². The van der Waals surface area contributed by atoms with E-state index >= 15 is 0 Å². The van der Waals surface area contributed by atoms with Crippen LogP contribution in [0.15, 0.2) is 71.3 Å². The first-order valence-electron chi connectivity index (χ1n) is 8.13. The first kappa shape index (κ1) is 17.4. The van der Waals surface area contributed by atoms with Gasteiger partial charge in [-0.05, 0) is 24.6 Å². The highest BCUT2D eigenvalue weighted by Crippen LogP contribution is 2.17. The highest BCUT2D eigenvalue weighted by Gasteiger charge is 2.25. The Morgan fingerprint density at radius 2 is 1.73 bits per heavy atom. The molecule has 26 heavy (non-hydrogen) atoms. The molecule has 2 aromatic carbocycles. The van der Waals surface area contributed by atoms with Gasteiger partial charge in [0, 0.05) is 11.6 Å². The number of nitrogens with zero attached hydrogens (tertiary/aromatic N) is 1. The maximum Gasteiger partial charge on any atom is 0.333 e. The number of carbonyl (C=O) groups excluding carboxylic acids is 2. The zero-order chi connectivity index (χ0) is 18.4. The van der Waals surface area contributed by atoms with Crippen LogP contribution in [0.4, 0.5) is 0 Å². The predicted octanol–water partition coefficient (Wildman–Crippen LogP) is 3.20. The summed E-state index contributed by atoms with van der Waals surface area (Å²) in [4.78, 5) is 25.1. The summed E-state index contributed by atoms with van der Waals surface area (Å²) in [6.45, 7) is 1.73. The largest absolute Gasteiger partial charge is 0.456 e. The Labute approximate surface area is 150 Å². The number of rotatable bonds is 6. The maximum atomic E-state index is 12.6. The maximum absolute atomic E-state index is 12.6. The van der Waals surface area contributed by atoms with Crippen LogP contribution in [0, 0.1) is 6.92 Å². The Morgan fingerprint density at radius 3 is 2.35 bits per heavy atom. The zero-order valence-electron chi connectivity index (χ0n) is 14.2. The van der Waals surface area contributed by atoms with Gasteiger partial charge in [-0.25, -0.2) is 4.79 Å². The number of aryl methyl sites for hydroxylation is 1. The summed E-state index contributed by atoms with van der Waals surface area (Å²) >= 11 is 0. The van der Waals surface area contributed by atoms with Crippen LogP contribution in [0.1, 0.15) is 33.4 Å². The van der Waals surface area contributed by atoms with Crippen molar-refractivity contribution in [3.05, 3.63) is 89.3 Å². The van der Waals surface area contributed by atoms with Crippen molar-refractivity contribution >= 4 is 11.9 Å². The topological polar surface area (TPSA) is 81.4 Å². The average molecular weight is 350 g/mol. The highest BCUT2D eigenvalue weighted by atomic mass is 16.6. The Morgan fingerprint density at radius 1 is 1.08 bits per heavy atom. The molecule has 0 aliphatic heterocycles. The average Bonchev–Trinajstić information content (AvgIpc) is 3.10. The van der Waals surface area contributed by atoms with Crippen molar-refractivity contribution in [3.8, 4) is 0 Å². The summed E-state index contributed by atoms with van der Waals surface area (Å²) in [5.41, 5.74) is 1.80. The molecule has 6 heteroatoms. The first-order chi connectivity index (χ1) is 12.6. The standard InChI is InChI=1S/C20H18N2O4/c1-14-12-17(26-22-14)13-25-20(24)18(15-8-4-2-5-9-15)21-19(23)16-10-6-3-7-11-16/h2-12,18H,13H2,1H3,(H,21,23). The minimum atomic E-state index is -0.923. The fourth-order valence-electron chi connectivity index (χ4n) is 2.44. The fraction of sp³-hybridized carbons (Fsp3) is 0.150. The third-order valence-electron chi connectivity index (χ3n) is 3.71. The predicted molar refractivity (Wildman–Crippen MR) is 94.1 cm³/mol. The minimum Gasteiger partial charge on any atom is -0.456 e. The van der Waals surface area contributed by atoms with Crippen LogP contribution in [0.2, 0.25) is 0 Å². The lowest BCUT2D eigenvalue weighted by Gasteiger charge is -2.18. The van der Waals surface area contributed by atoms with Gasteiger partial charge in [0.2, 0.25) is 0 Å². The molecule has 3 rings (SSSR count). The van der Waals surface area contributed by atoms with Crippen LogP contribution >= 0.6 is 0 Å². The number of aromatic nitrogens is 1. The molecule has 0 spiro atoms. The van der Waals surface area contributed by atoms with E-state index in [0.29, 0.717) is 22.6 Å². The van der Waals surface area contributed by atoms with Gasteiger partial charge in [-0.15, -0.1) is 0 Å². The first-order valence-corrected chi connectivity index (χ1v) is 8.13. The number of ether oxygens (including phenoxy) is 1. The summed E-state index contributed by atoms with van der Waals surface area (Å²) in [6, 6.07) is 18.4. The van der Waals surface area contributed by atoms with Gasteiger partial charge in [-0.3, -0.25) is 4.79 Å². The summed E-state index contributed by atoms with van der Waals surface area (Å²) in [5, 5.41) is 6.48. The number of benzene rings is 2. The molecule has 6 nitrogen and oxygen atoms in total. The van der Waals surface area contributed by atoms with Gasteiger partial charge in [0.15, 0.2) is 18.4 Å². The quantitative estimate of drug-likeness (QED) is 0.691. The number of hydrogen-bond acceptors (Lipinski definition) is 5. The molecule has 1 heterocycles. The van der Waals surface area contributed by atoms with Crippen LogP contribution in [0.3, 0.4) is 0 Å². The SMILES string of the molecule is Cc1cc(COC(=O)C(NC(=O)c2ccccc2)c2ccccc2)on1. The Bertz CT molecular complexity index is 875. The number of hydrogen-bond donors (Lipinski definition) is 1. The van der Waals surface area contributed by atoms with Crippen molar-refractivity contribution in [2.75, 3.05) is 0 Å². The summed E-state index contributed by atoms with van der Waals surface area (Å²) in [5.74, 6) is -0.488. The normalized spacial score (nSPS) is 11.6. The van der Waals surface area contributed by atoms with E-state index in [1.807, 2.05) is 12.1 Å². The van der Waals surface area contributed by atoms with E-state index in [-0.39, 0.29) is 12.5 Å². The van der Waals surface area contributed by atoms with E-state index in [1.54, 1.807) is 61.5 Å². The summed E-state index contributed by atoms with van der Waals surface area (Å²) < 4.78 is 10.3. The summed E-state index contributed by atoms with van der Waals surface area (Å²) in [7, 11) is 0. The second-order valence-corrected chi connectivity index (χ2v) is 5.73. The second kappa shape index (κ2) is 8.11. The lowest BCUT2D eigenvalue weighted by molar-refractivity contribution is -0.148. The van der Waals surface area contributed by atoms with Crippen molar-refractivity contribution in [1.29, 1.82) is 0 Å². The molecular weight excluding hydrogens is 332 g/mol. The molecule has 0 saturated carbocycles. The number of amides is 1. The van der Waals surface area contributed by atoms with Gasteiger partial charge in [-0.2, -0.15) is 0 Å². The molecule has 0 aliphatic rings. The molecule has 0 radical (unpaired) electrons. The molecule has 1 unspecified atom stereocenters. The fourth-order valence-corrected chi connectivity index (χ4v) is 2.44. The van der Waals surface area contributed by atoms with Crippen LogP contribution in [-0.2, 0) is 16.1 Å². The van der Waals surface area contributed by atoms with Gasteiger partial charge < -0.3 is 14.6 Å². The Hall–Kier alpha value is -3.41. The van der Waals surface area contributed by atoms with Crippen molar-refractivity contribution in [2.24, 2.45) is 0 Å². The molecule has 0 aliphatic carbocycles. The number of carbonyl (C=O) groups is 2. The monoisotopic (exact) mass is 350 g/mol. The second-order valence-electron chi connectivity index (χ2n) is 5.73. The molecule has 3 aromatic rings. The van der Waals surface area contributed by atoms with Crippen molar-refractivity contribution in [3.63, 3.8) is 0 Å². The molecule has 0 bridgehead atoms. The van der Waals surface area contributed by atoms with Crippen LogP contribution in [0.5, 0.6) is 0 Å². The molecule has 1 amide bonds. The zero-order valence-corrected chi connectivity index (χ0v) is 14.2. The smallest absolute Gasteiger partial charge is 0.333 e. The van der Waals surface area contributed by atoms with Crippen LogP contribution < -0.4 is 5.32 Å². The minimum absolute atomic E-state index is 0.0514. The number of nitrogens with one attached hydrogen (secondary N) is 1. The van der Waals surface area contributed by atoms with Crippen molar-refractivity contribution in [1.82, 2.24) is 10.5 Å². The third kappa shape index (κ3) is 4.36. The molecule has 132 valence electrons. The van der Waals surface area contributed by atoms with E-state index in [1.165, 1.54) is 0 Å². The third-order valence-corrected chi connectivity index (χ3v) is 3.71. The van der Waals surface area contributed by atoms with E-state index in [2.05, 4.69) is 10.5 Å². The van der Waals surface area contributed by atoms with E-state index in [4.69, 9.17) is 9.26 Å². The van der Waals surface area contributed by atoms with Gasteiger partial charge in [-0.1, -0.05) is 53.7 Å². The van der Waals surface area contributed by atoms with Gasteiger partial charge in [0.05, 0.1) is 5.69 Å². The summed E-state index contributed by atoms with van der Waals surface area (Å²) in [6.07, 6.45) is 0. The molecule has 0 saturated heterocycles. The van der Waals surface area contributed by atoms with Gasteiger partial charge in [0.25, 0.3) is 5.91 Å². The van der Waals surface area contributed by atoms with Crippen molar-refractivity contribution in [2.45, 2.75) is 19.6 Å². The Balaban J connectivity index is 1.74. The van der Waals surface area contributed by atoms with E-state index in [9.17, 15) is 9.59 Å². The molecule has 0 fully saturated rings. The van der Waals surface area contributed by atoms with Gasteiger partial charge >= 0.3 is 5.97 Å². The molecule has 1 N–H and O–H groups in total. The lowest BCUT2D eigenvalue weighted by atomic mass is 10.1. The molecule has 1 aromatic heterocycles. The highest BCUT2D eigenvalue weighted by molar-refractivity contribution is 5.97. The van der Waals surface area contributed by atoms with Crippen LogP contribution in [0.25, 0.3) is 0 Å². The lowest BCUT2D eigenvalue weighted by Crippen LogP contribution is -2.34. The van der Waals surface area contributed by atoms with Crippen LogP contribution in [-0.4, -0.2) is 17.0 Å². The van der Waals surface area contributed by atoms with E-state index < -0.39 is 12.0 Å². The number of esters is 1.